The second-order valence-electron chi connectivity index (χ2n) is 4.17. The molecule has 7 heteroatoms. The third-order valence-electron chi connectivity index (χ3n) is 2.93. The zero-order valence-corrected chi connectivity index (χ0v) is 12.0. The van der Waals surface area contributed by atoms with Gasteiger partial charge in [0, 0.05) is 23.8 Å². The number of amides is 1. The van der Waals surface area contributed by atoms with Crippen LogP contribution >= 0.6 is 11.8 Å². The Morgan fingerprint density at radius 2 is 2.25 bits per heavy atom. The molecule has 0 saturated carbocycles. The molecule has 1 unspecified atom stereocenters. The molecule has 0 aliphatic carbocycles. The molecule has 1 aromatic rings. The molecule has 1 amide bonds. The normalized spacial score (nSPS) is 18.6. The van der Waals surface area contributed by atoms with E-state index in [9.17, 15) is 9.59 Å². The third kappa shape index (κ3) is 3.71. The van der Waals surface area contributed by atoms with Gasteiger partial charge < -0.3 is 14.4 Å². The number of hydrogen-bond acceptors (Lipinski definition) is 6. The Kier molecular flexibility index (Phi) is 5.37. The van der Waals surface area contributed by atoms with E-state index in [-0.39, 0.29) is 18.3 Å². The lowest BCUT2D eigenvalue weighted by Crippen LogP contribution is -2.53. The topological polar surface area (TPSA) is 68.7 Å². The molecule has 0 radical (unpaired) electrons. The van der Waals surface area contributed by atoms with E-state index in [0.717, 1.165) is 4.90 Å². The highest BCUT2D eigenvalue weighted by Crippen LogP contribution is 2.18. The van der Waals surface area contributed by atoms with Crippen LogP contribution in [-0.2, 0) is 19.1 Å². The average molecular weight is 296 g/mol. The molecule has 0 aromatic carbocycles. The van der Waals surface area contributed by atoms with Crippen LogP contribution in [0, 0.1) is 0 Å². The van der Waals surface area contributed by atoms with Gasteiger partial charge in [0.15, 0.2) is 6.04 Å². The Labute approximate surface area is 121 Å². The summed E-state index contributed by atoms with van der Waals surface area (Å²) in [5, 5.41) is 0. The van der Waals surface area contributed by atoms with E-state index in [0.29, 0.717) is 13.2 Å². The van der Waals surface area contributed by atoms with Crippen molar-refractivity contribution in [2.75, 3.05) is 32.6 Å². The molecule has 108 valence electrons. The van der Waals surface area contributed by atoms with Gasteiger partial charge in [-0.1, -0.05) is 0 Å². The molecular formula is C13H16N2O4S. The number of methoxy groups -OCH3 is 1. The Balaban J connectivity index is 1.94. The van der Waals surface area contributed by atoms with Crippen LogP contribution in [-0.4, -0.2) is 60.4 Å². The van der Waals surface area contributed by atoms with Crippen LogP contribution in [0.3, 0.4) is 0 Å². The summed E-state index contributed by atoms with van der Waals surface area (Å²) in [7, 11) is 1.31. The Morgan fingerprint density at radius 3 is 2.95 bits per heavy atom. The van der Waals surface area contributed by atoms with E-state index in [2.05, 4.69) is 4.98 Å². The van der Waals surface area contributed by atoms with Crippen molar-refractivity contribution in [3.05, 3.63) is 24.5 Å². The van der Waals surface area contributed by atoms with Gasteiger partial charge in [0.2, 0.25) is 5.91 Å². The summed E-state index contributed by atoms with van der Waals surface area (Å²) < 4.78 is 9.94. The van der Waals surface area contributed by atoms with Crippen LogP contribution < -0.4 is 0 Å². The fourth-order valence-corrected chi connectivity index (χ4v) is 2.67. The summed E-state index contributed by atoms with van der Waals surface area (Å²) in [6.45, 7) is 1.05. The predicted octanol–water partition coefficient (Wildman–Crippen LogP) is 0.574. The van der Waals surface area contributed by atoms with Crippen LogP contribution in [0.4, 0.5) is 0 Å². The van der Waals surface area contributed by atoms with E-state index in [1.54, 1.807) is 12.4 Å². The summed E-state index contributed by atoms with van der Waals surface area (Å²) in [5.74, 6) is -0.255. The van der Waals surface area contributed by atoms with Gasteiger partial charge in [-0.25, -0.2) is 4.79 Å². The van der Waals surface area contributed by atoms with E-state index < -0.39 is 12.0 Å². The predicted molar refractivity (Wildman–Crippen MR) is 73.3 cm³/mol. The van der Waals surface area contributed by atoms with Gasteiger partial charge in [-0.2, -0.15) is 0 Å². The summed E-state index contributed by atoms with van der Waals surface area (Å²) in [6, 6.07) is 3.05. The number of carbonyl (C=O) groups excluding carboxylic acids is 2. The number of hydrogen-bond donors (Lipinski definition) is 0. The first-order valence-electron chi connectivity index (χ1n) is 6.20. The van der Waals surface area contributed by atoms with Crippen LogP contribution in [0.2, 0.25) is 0 Å². The van der Waals surface area contributed by atoms with E-state index >= 15 is 0 Å². The van der Waals surface area contributed by atoms with Crippen LogP contribution in [0.25, 0.3) is 0 Å². The Morgan fingerprint density at radius 1 is 1.50 bits per heavy atom. The van der Waals surface area contributed by atoms with Crippen molar-refractivity contribution in [2.45, 2.75) is 10.9 Å². The van der Waals surface area contributed by atoms with Gasteiger partial charge in [-0.05, 0) is 12.1 Å². The van der Waals surface area contributed by atoms with Gasteiger partial charge in [-0.15, -0.1) is 11.8 Å². The molecule has 1 saturated heterocycles. The van der Waals surface area contributed by atoms with Crippen molar-refractivity contribution < 1.29 is 19.1 Å². The smallest absolute Gasteiger partial charge is 0.331 e. The van der Waals surface area contributed by atoms with Gasteiger partial charge in [0.1, 0.15) is 0 Å². The first-order chi connectivity index (χ1) is 9.72. The minimum atomic E-state index is -0.640. The summed E-state index contributed by atoms with van der Waals surface area (Å²) in [5.41, 5.74) is 0. The number of morpholine rings is 1. The fraction of sp³-hybridized carbons (Fsp3) is 0.462. The molecular weight excluding hydrogens is 280 g/mol. The van der Waals surface area contributed by atoms with E-state index in [1.807, 2.05) is 12.1 Å². The van der Waals surface area contributed by atoms with Crippen molar-refractivity contribution >= 4 is 23.6 Å². The number of rotatable bonds is 4. The number of esters is 1. The first kappa shape index (κ1) is 14.8. The molecule has 1 atom stereocenters. The number of aromatic nitrogens is 1. The molecule has 20 heavy (non-hydrogen) atoms. The standard InChI is InChI=1S/C13H16N2O4S/c1-18-13(17)11-8-19-7-6-15(11)12(16)9-20-10-2-4-14-5-3-10/h2-5,11H,6-9H2,1H3. The molecule has 1 aromatic heterocycles. The number of carbonyl (C=O) groups is 2. The lowest BCUT2D eigenvalue weighted by atomic mass is 10.2. The lowest BCUT2D eigenvalue weighted by molar-refractivity contribution is -0.159. The van der Waals surface area contributed by atoms with Crippen LogP contribution in [0.1, 0.15) is 0 Å². The van der Waals surface area contributed by atoms with E-state index in [1.165, 1.54) is 23.8 Å². The molecule has 0 bridgehead atoms. The van der Waals surface area contributed by atoms with Crippen molar-refractivity contribution in [3.8, 4) is 0 Å². The van der Waals surface area contributed by atoms with Gasteiger partial charge in [0.05, 0.1) is 26.1 Å². The minimum absolute atomic E-state index is 0.0921. The van der Waals surface area contributed by atoms with Gasteiger partial charge >= 0.3 is 5.97 Å². The van der Waals surface area contributed by atoms with Crippen molar-refractivity contribution in [1.82, 2.24) is 9.88 Å². The van der Waals surface area contributed by atoms with Crippen molar-refractivity contribution in [2.24, 2.45) is 0 Å². The summed E-state index contributed by atoms with van der Waals surface area (Å²) >= 11 is 1.42. The minimum Gasteiger partial charge on any atom is -0.467 e. The average Bonchev–Trinajstić information content (AvgIpc) is 2.52. The van der Waals surface area contributed by atoms with Crippen molar-refractivity contribution in [3.63, 3.8) is 0 Å². The van der Waals surface area contributed by atoms with E-state index in [4.69, 9.17) is 9.47 Å². The monoisotopic (exact) mass is 296 g/mol. The summed E-state index contributed by atoms with van der Waals surface area (Å²) in [6.07, 6.45) is 3.36. The molecule has 6 nitrogen and oxygen atoms in total. The maximum absolute atomic E-state index is 12.2. The highest BCUT2D eigenvalue weighted by molar-refractivity contribution is 8.00. The molecule has 2 rings (SSSR count). The Hall–Kier alpha value is -1.60. The highest BCUT2D eigenvalue weighted by Gasteiger charge is 2.33. The molecule has 1 aliphatic rings. The molecule has 0 N–H and O–H groups in total. The van der Waals surface area contributed by atoms with Gasteiger partial charge in [-0.3, -0.25) is 9.78 Å². The van der Waals surface area contributed by atoms with Crippen LogP contribution in [0.5, 0.6) is 0 Å². The second kappa shape index (κ2) is 7.25. The first-order valence-corrected chi connectivity index (χ1v) is 7.19. The molecule has 2 heterocycles. The summed E-state index contributed by atoms with van der Waals surface area (Å²) in [4.78, 5) is 30.3. The largest absolute Gasteiger partial charge is 0.467 e. The number of pyridine rings is 1. The third-order valence-corrected chi connectivity index (χ3v) is 3.93. The maximum Gasteiger partial charge on any atom is 0.331 e. The maximum atomic E-state index is 12.2. The van der Waals surface area contributed by atoms with Crippen molar-refractivity contribution in [1.29, 1.82) is 0 Å². The number of ether oxygens (including phenoxy) is 2. The van der Waals surface area contributed by atoms with Crippen LogP contribution in [0.15, 0.2) is 29.4 Å². The molecule has 1 aliphatic heterocycles. The zero-order valence-electron chi connectivity index (χ0n) is 11.2. The SMILES string of the molecule is COC(=O)C1COCCN1C(=O)CSc1ccncc1. The molecule has 1 fully saturated rings. The quantitative estimate of drug-likeness (QED) is 0.598. The molecule has 0 spiro atoms. The van der Waals surface area contributed by atoms with Gasteiger partial charge in [0.25, 0.3) is 0 Å². The fourth-order valence-electron chi connectivity index (χ4n) is 1.90. The lowest BCUT2D eigenvalue weighted by Gasteiger charge is -2.33. The number of thioether (sulfide) groups is 1. The highest BCUT2D eigenvalue weighted by atomic mass is 32.2. The zero-order chi connectivity index (χ0) is 14.4. The number of nitrogens with zero attached hydrogens (tertiary/aromatic N) is 2. The Bertz CT molecular complexity index is 469. The second-order valence-corrected chi connectivity index (χ2v) is 5.22.